The zero-order chi connectivity index (χ0) is 22.1. The molecule has 1 amide bonds. The topological polar surface area (TPSA) is 77.6 Å². The van der Waals surface area contributed by atoms with Crippen LogP contribution in [0, 0.1) is 13.8 Å². The number of pyridine rings is 1. The fourth-order valence-electron chi connectivity index (χ4n) is 3.47. The van der Waals surface area contributed by atoms with Crippen LogP contribution < -0.4 is 5.32 Å². The average Bonchev–Trinajstić information content (AvgIpc) is 3.25. The number of aryl methyl sites for hydroxylation is 2. The summed E-state index contributed by atoms with van der Waals surface area (Å²) < 4.78 is 29.9. The zero-order valence-corrected chi connectivity index (χ0v) is 17.6. The summed E-state index contributed by atoms with van der Waals surface area (Å²) in [5, 5.41) is 12.2. The molecule has 0 radical (unpaired) electrons. The molecule has 4 aromatic rings. The quantitative estimate of drug-likeness (QED) is 0.474. The van der Waals surface area contributed by atoms with Gasteiger partial charge < -0.3 is 5.32 Å². The highest BCUT2D eigenvalue weighted by Gasteiger charge is 2.20. The summed E-state index contributed by atoms with van der Waals surface area (Å²) in [4.78, 5) is 16.9. The SMILES string of the molecule is Cc1cc(C(F)F)c2c(C)nn(CC(=O)Nc3cnn(Cc4cccc(Cl)c4)c3)c2n1. The van der Waals surface area contributed by atoms with E-state index in [1.165, 1.54) is 16.9 Å². The lowest BCUT2D eigenvalue weighted by molar-refractivity contribution is -0.116. The maximum atomic E-state index is 13.4. The van der Waals surface area contributed by atoms with Crippen LogP contribution in [0.3, 0.4) is 0 Å². The Labute approximate surface area is 181 Å². The molecule has 0 aliphatic heterocycles. The van der Waals surface area contributed by atoms with Gasteiger partial charge in [-0.15, -0.1) is 0 Å². The summed E-state index contributed by atoms with van der Waals surface area (Å²) in [6.45, 7) is 3.59. The number of aromatic nitrogens is 5. The molecule has 3 heterocycles. The first-order valence-corrected chi connectivity index (χ1v) is 9.87. The number of fused-ring (bicyclic) bond motifs is 1. The summed E-state index contributed by atoms with van der Waals surface area (Å²) in [7, 11) is 0. The number of halogens is 3. The van der Waals surface area contributed by atoms with Crippen molar-refractivity contribution in [3.05, 3.63) is 70.3 Å². The van der Waals surface area contributed by atoms with Crippen LogP contribution in [-0.4, -0.2) is 30.5 Å². The number of carbonyl (C=O) groups is 1. The molecular weight excluding hydrogens is 426 g/mol. The number of benzene rings is 1. The smallest absolute Gasteiger partial charge is 0.264 e. The van der Waals surface area contributed by atoms with Gasteiger partial charge >= 0.3 is 0 Å². The van der Waals surface area contributed by atoms with E-state index in [1.807, 2.05) is 18.2 Å². The van der Waals surface area contributed by atoms with Crippen molar-refractivity contribution in [1.29, 1.82) is 0 Å². The highest BCUT2D eigenvalue weighted by atomic mass is 35.5. The molecule has 1 N–H and O–H groups in total. The van der Waals surface area contributed by atoms with Gasteiger partial charge in [-0.3, -0.25) is 9.48 Å². The minimum Gasteiger partial charge on any atom is -0.322 e. The molecule has 0 bridgehead atoms. The van der Waals surface area contributed by atoms with Gasteiger partial charge in [0.15, 0.2) is 5.65 Å². The first-order valence-electron chi connectivity index (χ1n) is 9.49. The van der Waals surface area contributed by atoms with Gasteiger partial charge in [0.25, 0.3) is 6.43 Å². The Hall–Kier alpha value is -3.33. The fraction of sp³-hybridized carbons (Fsp3) is 0.238. The van der Waals surface area contributed by atoms with Crippen molar-refractivity contribution in [2.75, 3.05) is 5.32 Å². The van der Waals surface area contributed by atoms with Crippen LogP contribution >= 0.6 is 11.6 Å². The molecule has 0 aliphatic rings. The van der Waals surface area contributed by atoms with Gasteiger partial charge in [0, 0.05) is 22.5 Å². The predicted molar refractivity (Wildman–Crippen MR) is 113 cm³/mol. The number of nitrogens with zero attached hydrogens (tertiary/aromatic N) is 5. The summed E-state index contributed by atoms with van der Waals surface area (Å²) in [5.41, 5.74) is 2.46. The van der Waals surface area contributed by atoms with Crippen LogP contribution in [0.1, 0.15) is 28.9 Å². The molecule has 0 fully saturated rings. The number of amides is 1. The lowest BCUT2D eigenvalue weighted by Crippen LogP contribution is -2.19. The molecule has 0 spiro atoms. The van der Waals surface area contributed by atoms with Crippen LogP contribution in [0.15, 0.2) is 42.7 Å². The number of rotatable bonds is 6. The molecule has 31 heavy (non-hydrogen) atoms. The monoisotopic (exact) mass is 444 g/mol. The van der Waals surface area contributed by atoms with Crippen molar-refractivity contribution in [2.24, 2.45) is 0 Å². The summed E-state index contributed by atoms with van der Waals surface area (Å²) in [5.74, 6) is -0.367. The maximum Gasteiger partial charge on any atom is 0.264 e. The van der Waals surface area contributed by atoms with Gasteiger partial charge in [-0.25, -0.2) is 18.4 Å². The Morgan fingerprint density at radius 1 is 1.26 bits per heavy atom. The summed E-state index contributed by atoms with van der Waals surface area (Å²) >= 11 is 6.00. The van der Waals surface area contributed by atoms with E-state index in [0.29, 0.717) is 28.6 Å². The lowest BCUT2D eigenvalue weighted by atomic mass is 10.1. The summed E-state index contributed by atoms with van der Waals surface area (Å²) in [6, 6.07) is 8.77. The summed E-state index contributed by atoms with van der Waals surface area (Å²) in [6.07, 6.45) is 0.578. The molecule has 0 unspecified atom stereocenters. The van der Waals surface area contributed by atoms with E-state index < -0.39 is 6.43 Å². The van der Waals surface area contributed by atoms with Crippen molar-refractivity contribution in [3.8, 4) is 0 Å². The maximum absolute atomic E-state index is 13.4. The number of alkyl halides is 2. The van der Waals surface area contributed by atoms with Crippen LogP contribution in [-0.2, 0) is 17.9 Å². The average molecular weight is 445 g/mol. The Morgan fingerprint density at radius 3 is 2.81 bits per heavy atom. The van der Waals surface area contributed by atoms with E-state index in [4.69, 9.17) is 11.6 Å². The first kappa shape index (κ1) is 20.9. The van der Waals surface area contributed by atoms with Gasteiger partial charge in [0.2, 0.25) is 5.91 Å². The van der Waals surface area contributed by atoms with Crippen molar-refractivity contribution in [1.82, 2.24) is 24.5 Å². The number of nitrogens with one attached hydrogen (secondary N) is 1. The molecule has 0 saturated carbocycles. The van der Waals surface area contributed by atoms with E-state index in [9.17, 15) is 13.6 Å². The van der Waals surface area contributed by atoms with Crippen LogP contribution in [0.5, 0.6) is 0 Å². The second-order valence-electron chi connectivity index (χ2n) is 7.20. The molecule has 7 nitrogen and oxygen atoms in total. The normalized spacial score (nSPS) is 11.4. The Kier molecular flexibility index (Phi) is 5.69. The van der Waals surface area contributed by atoms with Gasteiger partial charge in [-0.05, 0) is 37.6 Å². The molecule has 0 saturated heterocycles. The highest BCUT2D eigenvalue weighted by molar-refractivity contribution is 6.30. The van der Waals surface area contributed by atoms with E-state index in [-0.39, 0.29) is 29.0 Å². The molecular formula is C21H19ClF2N6O. The highest BCUT2D eigenvalue weighted by Crippen LogP contribution is 2.29. The van der Waals surface area contributed by atoms with Gasteiger partial charge in [0.05, 0.1) is 29.5 Å². The molecule has 10 heteroatoms. The number of carbonyl (C=O) groups excluding carboxylic acids is 1. The third-order valence-electron chi connectivity index (χ3n) is 4.72. The Balaban J connectivity index is 1.50. The second-order valence-corrected chi connectivity index (χ2v) is 7.64. The number of hydrogen-bond donors (Lipinski definition) is 1. The number of anilines is 1. The first-order chi connectivity index (χ1) is 14.8. The van der Waals surface area contributed by atoms with Gasteiger partial charge in [0.1, 0.15) is 6.54 Å². The van der Waals surface area contributed by atoms with Gasteiger partial charge in [-0.1, -0.05) is 23.7 Å². The van der Waals surface area contributed by atoms with Crippen molar-refractivity contribution >= 4 is 34.2 Å². The largest absolute Gasteiger partial charge is 0.322 e. The van der Waals surface area contributed by atoms with Crippen molar-refractivity contribution in [3.63, 3.8) is 0 Å². The second kappa shape index (κ2) is 8.43. The fourth-order valence-corrected chi connectivity index (χ4v) is 3.69. The van der Waals surface area contributed by atoms with Crippen LogP contribution in [0.25, 0.3) is 11.0 Å². The standard InChI is InChI=1S/C21H19ClF2N6O/c1-12-6-17(20(23)24)19-13(2)28-30(21(19)26-12)11-18(31)27-16-8-25-29(10-16)9-14-4-3-5-15(22)7-14/h3-8,10,20H,9,11H2,1-2H3,(H,27,31). The minimum atomic E-state index is -2.65. The van der Waals surface area contributed by atoms with E-state index >= 15 is 0 Å². The minimum absolute atomic E-state index is 0.131. The molecule has 4 rings (SSSR count). The molecule has 0 atom stereocenters. The predicted octanol–water partition coefficient (Wildman–Crippen LogP) is 4.52. The van der Waals surface area contributed by atoms with E-state index in [2.05, 4.69) is 20.5 Å². The zero-order valence-electron chi connectivity index (χ0n) is 16.8. The van der Waals surface area contributed by atoms with Crippen molar-refractivity contribution < 1.29 is 13.6 Å². The molecule has 160 valence electrons. The third-order valence-corrected chi connectivity index (χ3v) is 4.95. The van der Waals surface area contributed by atoms with Crippen LogP contribution in [0.4, 0.5) is 14.5 Å². The molecule has 3 aromatic heterocycles. The van der Waals surface area contributed by atoms with Gasteiger partial charge in [-0.2, -0.15) is 10.2 Å². The van der Waals surface area contributed by atoms with E-state index in [0.717, 1.165) is 5.56 Å². The lowest BCUT2D eigenvalue weighted by Gasteiger charge is -2.06. The Morgan fingerprint density at radius 2 is 2.06 bits per heavy atom. The Bertz CT molecular complexity index is 1270. The molecule has 1 aromatic carbocycles. The van der Waals surface area contributed by atoms with Crippen LogP contribution in [0.2, 0.25) is 5.02 Å². The molecule has 0 aliphatic carbocycles. The number of hydrogen-bond acceptors (Lipinski definition) is 4. The third kappa shape index (κ3) is 4.56. The van der Waals surface area contributed by atoms with E-state index in [1.54, 1.807) is 30.8 Å². The van der Waals surface area contributed by atoms with Crippen molar-refractivity contribution in [2.45, 2.75) is 33.4 Å².